The third kappa shape index (κ3) is 12.7. The molecule has 0 bridgehead atoms. The lowest BCUT2D eigenvalue weighted by Gasteiger charge is -2.30. The first-order valence-electron chi connectivity index (χ1n) is 13.0. The van der Waals surface area contributed by atoms with E-state index in [9.17, 15) is 0 Å². The van der Waals surface area contributed by atoms with Crippen LogP contribution < -0.4 is 0 Å². The van der Waals surface area contributed by atoms with E-state index in [0.29, 0.717) is 6.17 Å². The molecule has 1 atom stereocenters. The van der Waals surface area contributed by atoms with Gasteiger partial charge in [-0.3, -0.25) is 0 Å². The van der Waals surface area contributed by atoms with Gasteiger partial charge in [-0.2, -0.15) is 0 Å². The standard InChI is InChI=1S/C26H52N2/c1-4-6-8-10-12-13-14-15-16-17-18-20-22-26-27(3)24-25-28(26)23-21-19-11-9-7-5-2/h24-26H,4-23H2,1-3H3. The summed E-state index contributed by atoms with van der Waals surface area (Å²) in [6.07, 6.45) is 32.2. The summed E-state index contributed by atoms with van der Waals surface area (Å²) in [4.78, 5) is 5.02. The molecule has 0 fully saturated rings. The van der Waals surface area contributed by atoms with E-state index in [1.165, 1.54) is 129 Å². The van der Waals surface area contributed by atoms with Crippen LogP contribution in [0.5, 0.6) is 0 Å². The fourth-order valence-electron chi connectivity index (χ4n) is 4.46. The number of rotatable bonds is 20. The summed E-state index contributed by atoms with van der Waals surface area (Å²) < 4.78 is 0. The normalized spacial score (nSPS) is 16.5. The molecular formula is C26H52N2. The van der Waals surface area contributed by atoms with Crippen molar-refractivity contribution in [3.63, 3.8) is 0 Å². The highest BCUT2D eigenvalue weighted by atomic mass is 15.4. The molecule has 2 heteroatoms. The van der Waals surface area contributed by atoms with E-state index >= 15 is 0 Å². The van der Waals surface area contributed by atoms with Gasteiger partial charge in [-0.1, -0.05) is 117 Å². The van der Waals surface area contributed by atoms with Crippen molar-refractivity contribution in [1.82, 2.24) is 9.80 Å². The van der Waals surface area contributed by atoms with Gasteiger partial charge in [-0.15, -0.1) is 0 Å². The summed E-state index contributed by atoms with van der Waals surface area (Å²) in [5, 5.41) is 0. The maximum absolute atomic E-state index is 2.60. The van der Waals surface area contributed by atoms with E-state index in [1.807, 2.05) is 0 Å². The minimum Gasteiger partial charge on any atom is -0.359 e. The minimum absolute atomic E-state index is 0.624. The molecule has 0 aromatic heterocycles. The first kappa shape index (κ1) is 25.4. The van der Waals surface area contributed by atoms with Gasteiger partial charge in [-0.05, 0) is 19.3 Å². The van der Waals surface area contributed by atoms with Gasteiger partial charge in [-0.25, -0.2) is 0 Å². The van der Waals surface area contributed by atoms with Crippen molar-refractivity contribution in [1.29, 1.82) is 0 Å². The molecule has 1 aliphatic rings. The van der Waals surface area contributed by atoms with Crippen molar-refractivity contribution < 1.29 is 0 Å². The number of nitrogens with zero attached hydrogens (tertiary/aromatic N) is 2. The number of unbranched alkanes of at least 4 members (excludes halogenated alkanes) is 16. The molecule has 28 heavy (non-hydrogen) atoms. The van der Waals surface area contributed by atoms with Gasteiger partial charge in [0.25, 0.3) is 0 Å². The lowest BCUT2D eigenvalue weighted by atomic mass is 10.0. The van der Waals surface area contributed by atoms with Crippen LogP contribution in [0.25, 0.3) is 0 Å². The SMILES string of the molecule is CCCCCCCCCCCCCCC1N(C)C=CN1CCCCCCCC. The predicted octanol–water partition coefficient (Wildman–Crippen LogP) is 8.48. The Morgan fingerprint density at radius 3 is 1.46 bits per heavy atom. The summed E-state index contributed by atoms with van der Waals surface area (Å²) in [5.41, 5.74) is 0. The van der Waals surface area contributed by atoms with E-state index < -0.39 is 0 Å². The lowest BCUT2D eigenvalue weighted by molar-refractivity contribution is 0.159. The average molecular weight is 393 g/mol. The van der Waals surface area contributed by atoms with E-state index in [0.717, 1.165) is 0 Å². The largest absolute Gasteiger partial charge is 0.359 e. The second kappa shape index (κ2) is 18.4. The molecule has 0 spiro atoms. The van der Waals surface area contributed by atoms with Crippen LogP contribution in [0.3, 0.4) is 0 Å². The predicted molar refractivity (Wildman–Crippen MR) is 126 cm³/mol. The molecule has 0 aromatic rings. The zero-order valence-corrected chi connectivity index (χ0v) is 19.8. The zero-order chi connectivity index (χ0) is 20.3. The van der Waals surface area contributed by atoms with Crippen LogP contribution in [-0.2, 0) is 0 Å². The summed E-state index contributed by atoms with van der Waals surface area (Å²) in [5.74, 6) is 0. The first-order valence-corrected chi connectivity index (χ1v) is 13.0. The van der Waals surface area contributed by atoms with Crippen LogP contribution in [0.4, 0.5) is 0 Å². The van der Waals surface area contributed by atoms with Gasteiger partial charge in [0.1, 0.15) is 6.17 Å². The molecule has 0 aromatic carbocycles. The monoisotopic (exact) mass is 392 g/mol. The molecule has 0 N–H and O–H groups in total. The van der Waals surface area contributed by atoms with Gasteiger partial charge < -0.3 is 9.80 Å². The van der Waals surface area contributed by atoms with Crippen molar-refractivity contribution in [2.45, 2.75) is 142 Å². The molecule has 2 nitrogen and oxygen atoms in total. The van der Waals surface area contributed by atoms with E-state index in [2.05, 4.69) is 43.1 Å². The van der Waals surface area contributed by atoms with Gasteiger partial charge in [0.2, 0.25) is 0 Å². The van der Waals surface area contributed by atoms with E-state index in [1.54, 1.807) is 0 Å². The molecule has 1 rings (SSSR count). The van der Waals surface area contributed by atoms with Gasteiger partial charge in [0.15, 0.2) is 0 Å². The maximum Gasteiger partial charge on any atom is 0.100 e. The van der Waals surface area contributed by atoms with E-state index in [4.69, 9.17) is 0 Å². The molecular weight excluding hydrogens is 340 g/mol. The third-order valence-electron chi connectivity index (χ3n) is 6.43. The van der Waals surface area contributed by atoms with Crippen molar-refractivity contribution >= 4 is 0 Å². The number of hydrogen-bond acceptors (Lipinski definition) is 2. The van der Waals surface area contributed by atoms with Gasteiger partial charge in [0, 0.05) is 26.0 Å². The second-order valence-corrected chi connectivity index (χ2v) is 9.13. The summed E-state index contributed by atoms with van der Waals surface area (Å²) in [6, 6.07) is 0. The number of hydrogen-bond donors (Lipinski definition) is 0. The van der Waals surface area contributed by atoms with Crippen molar-refractivity contribution in [3.8, 4) is 0 Å². The van der Waals surface area contributed by atoms with Crippen molar-refractivity contribution in [3.05, 3.63) is 12.4 Å². The van der Waals surface area contributed by atoms with Crippen LogP contribution >= 0.6 is 0 Å². The third-order valence-corrected chi connectivity index (χ3v) is 6.43. The Morgan fingerprint density at radius 1 is 0.536 bits per heavy atom. The Hall–Kier alpha value is -0.660. The van der Waals surface area contributed by atoms with Crippen LogP contribution in [-0.4, -0.2) is 29.6 Å². The average Bonchev–Trinajstić information content (AvgIpc) is 3.05. The quantitative estimate of drug-likeness (QED) is 0.192. The van der Waals surface area contributed by atoms with E-state index in [-0.39, 0.29) is 0 Å². The highest BCUT2D eigenvalue weighted by Gasteiger charge is 2.22. The van der Waals surface area contributed by atoms with Gasteiger partial charge in [0.05, 0.1) is 0 Å². The Kier molecular flexibility index (Phi) is 16.7. The summed E-state index contributed by atoms with van der Waals surface area (Å²) in [6.45, 7) is 5.84. The first-order chi connectivity index (χ1) is 13.8. The van der Waals surface area contributed by atoms with Crippen LogP contribution in [0, 0.1) is 0 Å². The molecule has 0 radical (unpaired) electrons. The Morgan fingerprint density at radius 2 is 0.964 bits per heavy atom. The molecule has 1 aliphatic heterocycles. The maximum atomic E-state index is 2.60. The molecule has 0 saturated heterocycles. The fraction of sp³-hybridized carbons (Fsp3) is 0.923. The summed E-state index contributed by atoms with van der Waals surface area (Å²) in [7, 11) is 2.25. The molecule has 1 heterocycles. The summed E-state index contributed by atoms with van der Waals surface area (Å²) >= 11 is 0. The topological polar surface area (TPSA) is 6.48 Å². The fourth-order valence-corrected chi connectivity index (χ4v) is 4.46. The van der Waals surface area contributed by atoms with Gasteiger partial charge >= 0.3 is 0 Å². The molecule has 0 saturated carbocycles. The smallest absolute Gasteiger partial charge is 0.100 e. The Labute approximate surface area is 178 Å². The molecule has 1 unspecified atom stereocenters. The molecule has 0 amide bonds. The highest BCUT2D eigenvalue weighted by Crippen LogP contribution is 2.21. The lowest BCUT2D eigenvalue weighted by Crippen LogP contribution is -2.37. The van der Waals surface area contributed by atoms with Crippen molar-refractivity contribution in [2.75, 3.05) is 13.6 Å². The van der Waals surface area contributed by atoms with Crippen molar-refractivity contribution in [2.24, 2.45) is 0 Å². The van der Waals surface area contributed by atoms with Crippen LogP contribution in [0.2, 0.25) is 0 Å². The van der Waals surface area contributed by atoms with Crippen LogP contribution in [0.15, 0.2) is 12.4 Å². The zero-order valence-electron chi connectivity index (χ0n) is 19.8. The second-order valence-electron chi connectivity index (χ2n) is 9.13. The van der Waals surface area contributed by atoms with Crippen LogP contribution in [0.1, 0.15) is 136 Å². The highest BCUT2D eigenvalue weighted by molar-refractivity contribution is 4.95. The molecule has 0 aliphatic carbocycles. The Bertz CT molecular complexity index is 352. The molecule has 166 valence electrons. The Balaban J connectivity index is 1.95. The minimum atomic E-state index is 0.624.